The van der Waals surface area contributed by atoms with Crippen LogP contribution in [0, 0.1) is 5.41 Å². The summed E-state index contributed by atoms with van der Waals surface area (Å²) in [6, 6.07) is 10.1. The van der Waals surface area contributed by atoms with E-state index < -0.39 is 0 Å². The summed E-state index contributed by atoms with van der Waals surface area (Å²) in [4.78, 5) is 9.21. The highest BCUT2D eigenvalue weighted by molar-refractivity contribution is 5.55. The molecule has 0 amide bonds. The van der Waals surface area contributed by atoms with E-state index >= 15 is 0 Å². The minimum atomic E-state index is 0.0589. The van der Waals surface area contributed by atoms with Gasteiger partial charge >= 0.3 is 0 Å². The highest BCUT2D eigenvalue weighted by atomic mass is 14.9. The van der Waals surface area contributed by atoms with E-state index in [0.29, 0.717) is 0 Å². The summed E-state index contributed by atoms with van der Waals surface area (Å²) >= 11 is 0. The van der Waals surface area contributed by atoms with Crippen LogP contribution in [0.2, 0.25) is 0 Å². The van der Waals surface area contributed by atoms with Gasteiger partial charge in [0, 0.05) is 29.1 Å². The van der Waals surface area contributed by atoms with Crippen LogP contribution in [0.15, 0.2) is 36.5 Å². The van der Waals surface area contributed by atoms with E-state index in [0.717, 1.165) is 35.5 Å². The standard InChI is InChI=1S/C16H19N3/c1-16(2)8-13(17)12-10-18-15(19-14(12)9-16)11-6-4-3-5-7-11/h3-7,10,13H,8-9,17H2,1-2H3. The zero-order chi connectivity index (χ0) is 13.5. The number of hydrogen-bond acceptors (Lipinski definition) is 3. The highest BCUT2D eigenvalue weighted by Crippen LogP contribution is 2.38. The Hall–Kier alpha value is -1.74. The zero-order valence-corrected chi connectivity index (χ0v) is 11.4. The summed E-state index contributed by atoms with van der Waals surface area (Å²) in [6.45, 7) is 4.50. The van der Waals surface area contributed by atoms with Crippen molar-refractivity contribution >= 4 is 0 Å². The number of aromatic nitrogens is 2. The summed E-state index contributed by atoms with van der Waals surface area (Å²) in [5, 5.41) is 0. The smallest absolute Gasteiger partial charge is 0.159 e. The number of nitrogens with zero attached hydrogens (tertiary/aromatic N) is 2. The van der Waals surface area contributed by atoms with Crippen molar-refractivity contribution in [3.05, 3.63) is 47.8 Å². The molecule has 1 aliphatic carbocycles. The van der Waals surface area contributed by atoms with Crippen molar-refractivity contribution in [2.24, 2.45) is 11.1 Å². The molecule has 0 saturated heterocycles. The normalized spacial score (nSPS) is 20.9. The van der Waals surface area contributed by atoms with E-state index in [9.17, 15) is 0 Å². The Kier molecular flexibility index (Phi) is 2.86. The second kappa shape index (κ2) is 4.42. The number of rotatable bonds is 1. The van der Waals surface area contributed by atoms with Gasteiger partial charge in [-0.3, -0.25) is 0 Å². The Morgan fingerprint density at radius 3 is 2.68 bits per heavy atom. The summed E-state index contributed by atoms with van der Waals surface area (Å²) < 4.78 is 0. The Morgan fingerprint density at radius 2 is 1.95 bits per heavy atom. The van der Waals surface area contributed by atoms with Crippen LogP contribution in [-0.4, -0.2) is 9.97 Å². The largest absolute Gasteiger partial charge is 0.324 e. The maximum absolute atomic E-state index is 6.23. The average molecular weight is 253 g/mol. The van der Waals surface area contributed by atoms with Gasteiger partial charge in [-0.1, -0.05) is 44.2 Å². The first-order valence-electron chi connectivity index (χ1n) is 6.72. The van der Waals surface area contributed by atoms with Gasteiger partial charge in [0.25, 0.3) is 0 Å². The molecule has 1 aliphatic rings. The summed E-state index contributed by atoms with van der Waals surface area (Å²) in [7, 11) is 0. The van der Waals surface area contributed by atoms with Crippen molar-refractivity contribution < 1.29 is 0 Å². The number of benzene rings is 1. The molecule has 1 heterocycles. The van der Waals surface area contributed by atoms with Crippen molar-refractivity contribution in [3.8, 4) is 11.4 Å². The molecule has 0 aliphatic heterocycles. The predicted octanol–water partition coefficient (Wildman–Crippen LogP) is 3.12. The Morgan fingerprint density at radius 1 is 1.21 bits per heavy atom. The molecule has 3 rings (SSSR count). The Balaban J connectivity index is 2.05. The molecule has 0 fully saturated rings. The lowest BCUT2D eigenvalue weighted by molar-refractivity contribution is 0.278. The topological polar surface area (TPSA) is 51.8 Å². The fourth-order valence-electron chi connectivity index (χ4n) is 2.83. The van der Waals surface area contributed by atoms with Gasteiger partial charge in [0.05, 0.1) is 0 Å². The van der Waals surface area contributed by atoms with Crippen LogP contribution in [0.1, 0.15) is 37.6 Å². The van der Waals surface area contributed by atoms with E-state index in [4.69, 9.17) is 10.7 Å². The molecule has 3 nitrogen and oxygen atoms in total. The quantitative estimate of drug-likeness (QED) is 0.849. The first-order chi connectivity index (χ1) is 9.05. The van der Waals surface area contributed by atoms with Crippen molar-refractivity contribution in [1.82, 2.24) is 9.97 Å². The monoisotopic (exact) mass is 253 g/mol. The molecule has 1 aromatic carbocycles. The number of fused-ring (bicyclic) bond motifs is 1. The summed E-state index contributed by atoms with van der Waals surface area (Å²) in [5.74, 6) is 0.796. The lowest BCUT2D eigenvalue weighted by Crippen LogP contribution is -2.30. The molecular weight excluding hydrogens is 234 g/mol. The van der Waals surface area contributed by atoms with Gasteiger partial charge in [-0.15, -0.1) is 0 Å². The van der Waals surface area contributed by atoms with Crippen LogP contribution >= 0.6 is 0 Å². The summed E-state index contributed by atoms with van der Waals surface area (Å²) in [6.07, 6.45) is 3.87. The molecule has 98 valence electrons. The molecule has 1 atom stereocenters. The molecule has 0 spiro atoms. The van der Waals surface area contributed by atoms with E-state index in [2.05, 4.69) is 18.8 Å². The molecule has 1 aromatic heterocycles. The van der Waals surface area contributed by atoms with E-state index in [1.54, 1.807) is 0 Å². The van der Waals surface area contributed by atoms with E-state index in [1.807, 2.05) is 36.5 Å². The third-order valence-electron chi connectivity index (χ3n) is 3.75. The van der Waals surface area contributed by atoms with Gasteiger partial charge in [-0.05, 0) is 18.3 Å². The molecule has 1 unspecified atom stereocenters. The molecule has 19 heavy (non-hydrogen) atoms. The predicted molar refractivity (Wildman–Crippen MR) is 76.5 cm³/mol. The van der Waals surface area contributed by atoms with Crippen LogP contribution in [0.3, 0.4) is 0 Å². The van der Waals surface area contributed by atoms with Crippen molar-refractivity contribution in [2.75, 3.05) is 0 Å². The molecule has 2 aromatic rings. The van der Waals surface area contributed by atoms with Crippen LogP contribution in [0.4, 0.5) is 0 Å². The molecule has 2 N–H and O–H groups in total. The van der Waals surface area contributed by atoms with E-state index in [-0.39, 0.29) is 11.5 Å². The van der Waals surface area contributed by atoms with Gasteiger partial charge < -0.3 is 5.73 Å². The second-order valence-electron chi connectivity index (χ2n) is 6.11. The Bertz CT molecular complexity index is 590. The lowest BCUT2D eigenvalue weighted by atomic mass is 9.74. The van der Waals surface area contributed by atoms with Gasteiger partial charge in [0.2, 0.25) is 0 Å². The SMILES string of the molecule is CC1(C)Cc2nc(-c3ccccc3)ncc2C(N)C1. The van der Waals surface area contributed by atoms with Crippen LogP contribution < -0.4 is 5.73 Å². The molecule has 0 radical (unpaired) electrons. The van der Waals surface area contributed by atoms with Crippen LogP contribution in [0.25, 0.3) is 11.4 Å². The average Bonchev–Trinajstić information content (AvgIpc) is 2.37. The minimum absolute atomic E-state index is 0.0589. The fraction of sp³-hybridized carbons (Fsp3) is 0.375. The van der Waals surface area contributed by atoms with Gasteiger partial charge in [-0.2, -0.15) is 0 Å². The molecule has 0 bridgehead atoms. The molecule has 0 saturated carbocycles. The molecular formula is C16H19N3. The second-order valence-corrected chi connectivity index (χ2v) is 6.11. The van der Waals surface area contributed by atoms with Crippen LogP contribution in [-0.2, 0) is 6.42 Å². The van der Waals surface area contributed by atoms with Crippen molar-refractivity contribution in [2.45, 2.75) is 32.7 Å². The third kappa shape index (κ3) is 2.38. The number of hydrogen-bond donors (Lipinski definition) is 1. The zero-order valence-electron chi connectivity index (χ0n) is 11.4. The van der Waals surface area contributed by atoms with Crippen molar-refractivity contribution in [1.29, 1.82) is 0 Å². The fourth-order valence-corrected chi connectivity index (χ4v) is 2.83. The lowest BCUT2D eigenvalue weighted by Gasteiger charge is -2.34. The number of nitrogens with two attached hydrogens (primary N) is 1. The van der Waals surface area contributed by atoms with Crippen LogP contribution in [0.5, 0.6) is 0 Å². The maximum atomic E-state index is 6.23. The van der Waals surface area contributed by atoms with Gasteiger partial charge in [-0.25, -0.2) is 9.97 Å². The first kappa shape index (κ1) is 12.3. The third-order valence-corrected chi connectivity index (χ3v) is 3.75. The van der Waals surface area contributed by atoms with Gasteiger partial charge in [0.1, 0.15) is 0 Å². The highest BCUT2D eigenvalue weighted by Gasteiger charge is 2.31. The van der Waals surface area contributed by atoms with E-state index in [1.165, 1.54) is 0 Å². The first-order valence-corrected chi connectivity index (χ1v) is 6.72. The van der Waals surface area contributed by atoms with Crippen molar-refractivity contribution in [3.63, 3.8) is 0 Å². The van der Waals surface area contributed by atoms with Gasteiger partial charge in [0.15, 0.2) is 5.82 Å². The summed E-state index contributed by atoms with van der Waals surface area (Å²) in [5.41, 5.74) is 9.72. The Labute approximate surface area is 113 Å². The molecule has 3 heteroatoms. The maximum Gasteiger partial charge on any atom is 0.159 e. The minimum Gasteiger partial charge on any atom is -0.324 e.